The van der Waals surface area contributed by atoms with Crippen molar-refractivity contribution in [3.05, 3.63) is 16.4 Å². The first kappa shape index (κ1) is 14.0. The number of nitrogens with zero attached hydrogens (tertiary/aromatic N) is 2. The smallest absolute Gasteiger partial charge is 0.308 e. The number of aryl methyl sites for hydroxylation is 1. The van der Waals surface area contributed by atoms with Crippen LogP contribution in [-0.2, 0) is 16.1 Å². The van der Waals surface area contributed by atoms with Crippen LogP contribution in [0.1, 0.15) is 24.7 Å². The van der Waals surface area contributed by atoms with E-state index in [0.717, 1.165) is 5.69 Å². The highest BCUT2D eigenvalue weighted by Gasteiger charge is 2.16. The van der Waals surface area contributed by atoms with E-state index in [0.29, 0.717) is 17.3 Å². The van der Waals surface area contributed by atoms with Crippen molar-refractivity contribution < 1.29 is 14.6 Å². The zero-order valence-electron chi connectivity index (χ0n) is 10.2. The average Bonchev–Trinajstić information content (AvgIpc) is 2.46. The summed E-state index contributed by atoms with van der Waals surface area (Å²) in [4.78, 5) is 11.2. The Morgan fingerprint density at radius 3 is 2.71 bits per heavy atom. The Kier molecular flexibility index (Phi) is 4.96. The highest BCUT2D eigenvalue weighted by Crippen LogP contribution is 2.19. The molecule has 0 aliphatic carbocycles. The molecule has 0 aromatic carbocycles. The van der Waals surface area contributed by atoms with Crippen LogP contribution in [0.5, 0.6) is 0 Å². The molecule has 0 radical (unpaired) electrons. The molecule has 0 amide bonds. The molecule has 0 saturated carbocycles. The van der Waals surface area contributed by atoms with Gasteiger partial charge in [0.1, 0.15) is 0 Å². The van der Waals surface area contributed by atoms with Gasteiger partial charge in [0, 0.05) is 0 Å². The van der Waals surface area contributed by atoms with Gasteiger partial charge in [0.25, 0.3) is 0 Å². The summed E-state index contributed by atoms with van der Waals surface area (Å²) in [6.07, 6.45) is -0.854. The predicted octanol–water partition coefficient (Wildman–Crippen LogP) is 1.47. The number of esters is 1. The molecule has 0 saturated heterocycles. The summed E-state index contributed by atoms with van der Waals surface area (Å²) in [5.41, 5.74) is 1.50. The molecule has 96 valence electrons. The molecule has 1 N–H and O–H groups in total. The summed E-state index contributed by atoms with van der Waals surface area (Å²) in [6, 6.07) is 0. The maximum atomic E-state index is 11.2. The van der Waals surface area contributed by atoms with Crippen molar-refractivity contribution in [1.82, 2.24) is 9.78 Å². The SMILES string of the molecule is CCOC(=O)CC(O)Cn1nc(C)c(Cl)c1C. The van der Waals surface area contributed by atoms with E-state index < -0.39 is 12.1 Å². The van der Waals surface area contributed by atoms with Crippen molar-refractivity contribution in [2.75, 3.05) is 6.61 Å². The third-order valence-electron chi connectivity index (χ3n) is 2.38. The third-order valence-corrected chi connectivity index (χ3v) is 2.93. The Hall–Kier alpha value is -1.07. The largest absolute Gasteiger partial charge is 0.466 e. The Labute approximate surface area is 105 Å². The summed E-state index contributed by atoms with van der Waals surface area (Å²) >= 11 is 5.98. The minimum atomic E-state index is -0.817. The van der Waals surface area contributed by atoms with Crippen LogP contribution in [0.15, 0.2) is 0 Å². The fourth-order valence-electron chi connectivity index (χ4n) is 1.53. The maximum Gasteiger partial charge on any atom is 0.308 e. The third kappa shape index (κ3) is 3.71. The van der Waals surface area contributed by atoms with Crippen LogP contribution in [0.4, 0.5) is 0 Å². The molecule has 5 nitrogen and oxygen atoms in total. The first-order valence-electron chi connectivity index (χ1n) is 5.48. The Morgan fingerprint density at radius 1 is 1.59 bits per heavy atom. The van der Waals surface area contributed by atoms with Crippen molar-refractivity contribution >= 4 is 17.6 Å². The van der Waals surface area contributed by atoms with Crippen molar-refractivity contribution in [2.24, 2.45) is 0 Å². The van der Waals surface area contributed by atoms with Crippen LogP contribution < -0.4 is 0 Å². The molecule has 0 aliphatic rings. The lowest BCUT2D eigenvalue weighted by molar-refractivity contribution is -0.145. The monoisotopic (exact) mass is 260 g/mol. The van der Waals surface area contributed by atoms with Gasteiger partial charge in [-0.3, -0.25) is 9.48 Å². The number of aromatic nitrogens is 2. The molecule has 1 unspecified atom stereocenters. The van der Waals surface area contributed by atoms with E-state index in [4.69, 9.17) is 16.3 Å². The number of carbonyl (C=O) groups is 1. The number of rotatable bonds is 5. The fraction of sp³-hybridized carbons (Fsp3) is 0.636. The summed E-state index contributed by atoms with van der Waals surface area (Å²) in [7, 11) is 0. The van der Waals surface area contributed by atoms with Crippen molar-refractivity contribution in [3.63, 3.8) is 0 Å². The molecule has 1 rings (SSSR count). The summed E-state index contributed by atoms with van der Waals surface area (Å²) < 4.78 is 6.35. The van der Waals surface area contributed by atoms with E-state index in [2.05, 4.69) is 5.10 Å². The molecule has 0 bridgehead atoms. The molecule has 17 heavy (non-hydrogen) atoms. The molecular weight excluding hydrogens is 244 g/mol. The number of hydrogen-bond acceptors (Lipinski definition) is 4. The lowest BCUT2D eigenvalue weighted by Gasteiger charge is -2.11. The molecule has 0 aliphatic heterocycles. The number of aliphatic hydroxyl groups is 1. The molecule has 1 atom stereocenters. The molecule has 1 aromatic rings. The summed E-state index contributed by atoms with van der Waals surface area (Å²) in [5.74, 6) is -0.410. The topological polar surface area (TPSA) is 64.3 Å². The standard InChI is InChI=1S/C11H17ClN2O3/c1-4-17-10(16)5-9(15)6-14-8(3)11(12)7(2)13-14/h9,15H,4-6H2,1-3H3. The zero-order valence-corrected chi connectivity index (χ0v) is 11.0. The second-order valence-corrected chi connectivity index (χ2v) is 4.21. The lowest BCUT2D eigenvalue weighted by atomic mass is 10.2. The summed E-state index contributed by atoms with van der Waals surface area (Å²) in [5, 5.41) is 14.5. The number of carbonyl (C=O) groups excluding carboxylic acids is 1. The quantitative estimate of drug-likeness (QED) is 0.815. The van der Waals surface area contributed by atoms with Gasteiger partial charge in [-0.2, -0.15) is 5.10 Å². The van der Waals surface area contributed by atoms with Gasteiger partial charge < -0.3 is 9.84 Å². The van der Waals surface area contributed by atoms with Crippen LogP contribution in [0, 0.1) is 13.8 Å². The van der Waals surface area contributed by atoms with Crippen LogP contribution in [0.2, 0.25) is 5.02 Å². The van der Waals surface area contributed by atoms with Gasteiger partial charge in [0.2, 0.25) is 0 Å². The minimum Gasteiger partial charge on any atom is -0.466 e. The highest BCUT2D eigenvalue weighted by molar-refractivity contribution is 6.31. The number of ether oxygens (including phenoxy) is 1. The van der Waals surface area contributed by atoms with E-state index in [9.17, 15) is 9.90 Å². The van der Waals surface area contributed by atoms with Crippen LogP contribution >= 0.6 is 11.6 Å². The van der Waals surface area contributed by atoms with E-state index in [-0.39, 0.29) is 13.0 Å². The minimum absolute atomic E-state index is 0.0379. The maximum absolute atomic E-state index is 11.2. The van der Waals surface area contributed by atoms with Gasteiger partial charge in [0.05, 0.1) is 42.1 Å². The Morgan fingerprint density at radius 2 is 2.24 bits per heavy atom. The van der Waals surface area contributed by atoms with Crippen molar-refractivity contribution in [1.29, 1.82) is 0 Å². The van der Waals surface area contributed by atoms with Gasteiger partial charge in [-0.15, -0.1) is 0 Å². The van der Waals surface area contributed by atoms with Crippen LogP contribution in [-0.4, -0.2) is 33.6 Å². The van der Waals surface area contributed by atoms with E-state index in [1.165, 1.54) is 0 Å². The second kappa shape index (κ2) is 6.02. The van der Waals surface area contributed by atoms with Gasteiger partial charge in [-0.1, -0.05) is 11.6 Å². The molecule has 1 heterocycles. The van der Waals surface area contributed by atoms with Gasteiger partial charge in [-0.25, -0.2) is 0 Å². The van der Waals surface area contributed by atoms with E-state index in [1.54, 1.807) is 18.5 Å². The Bertz CT molecular complexity index is 404. The number of aliphatic hydroxyl groups excluding tert-OH is 1. The molecule has 1 aromatic heterocycles. The second-order valence-electron chi connectivity index (χ2n) is 3.83. The molecule has 0 fully saturated rings. The van der Waals surface area contributed by atoms with E-state index in [1.807, 2.05) is 6.92 Å². The zero-order chi connectivity index (χ0) is 13.0. The van der Waals surface area contributed by atoms with Crippen molar-refractivity contribution in [2.45, 2.75) is 39.8 Å². The lowest BCUT2D eigenvalue weighted by Crippen LogP contribution is -2.22. The van der Waals surface area contributed by atoms with Gasteiger partial charge in [-0.05, 0) is 20.8 Å². The number of halogens is 1. The first-order chi connectivity index (χ1) is 7.95. The predicted molar refractivity (Wildman–Crippen MR) is 64.0 cm³/mol. The van der Waals surface area contributed by atoms with Gasteiger partial charge >= 0.3 is 5.97 Å². The van der Waals surface area contributed by atoms with Crippen LogP contribution in [0.3, 0.4) is 0 Å². The first-order valence-corrected chi connectivity index (χ1v) is 5.86. The number of hydrogen-bond donors (Lipinski definition) is 1. The van der Waals surface area contributed by atoms with E-state index >= 15 is 0 Å². The normalized spacial score (nSPS) is 12.5. The van der Waals surface area contributed by atoms with Gasteiger partial charge in [0.15, 0.2) is 0 Å². The average molecular weight is 261 g/mol. The molecule has 0 spiro atoms. The van der Waals surface area contributed by atoms with Crippen LogP contribution in [0.25, 0.3) is 0 Å². The Balaban J connectivity index is 2.59. The summed E-state index contributed by atoms with van der Waals surface area (Å²) in [6.45, 7) is 5.89. The van der Waals surface area contributed by atoms with Crippen molar-refractivity contribution in [3.8, 4) is 0 Å². The fourth-order valence-corrected chi connectivity index (χ4v) is 1.66. The highest BCUT2D eigenvalue weighted by atomic mass is 35.5. The molecule has 6 heteroatoms. The molecular formula is C11H17ClN2O3.